The van der Waals surface area contributed by atoms with E-state index in [-0.39, 0.29) is 0 Å². The van der Waals surface area contributed by atoms with Gasteiger partial charge in [-0.15, -0.1) is 10.2 Å². The number of fused-ring (bicyclic) bond motifs is 1. The summed E-state index contributed by atoms with van der Waals surface area (Å²) in [5, 5.41) is 14.3. The Hall–Kier alpha value is -0.550. The fraction of sp³-hybridized carbons (Fsp3) is 0.857. The summed E-state index contributed by atoms with van der Waals surface area (Å²) in [5.41, 5.74) is 0. The molecule has 2 heterocycles. The van der Waals surface area contributed by atoms with Gasteiger partial charge >= 0.3 is 0 Å². The summed E-state index contributed by atoms with van der Waals surface area (Å²) < 4.78 is 2.37. The molecule has 0 saturated heterocycles. The topological polar surface area (TPSA) is 42.7 Å². The largest absolute Gasteiger partial charge is 0.313 e. The van der Waals surface area contributed by atoms with Gasteiger partial charge in [0, 0.05) is 24.3 Å². The van der Waals surface area contributed by atoms with Crippen LogP contribution in [0.3, 0.4) is 0 Å². The average Bonchev–Trinajstić information content (AvgIpc) is 2.92. The van der Waals surface area contributed by atoms with Gasteiger partial charge in [-0.1, -0.05) is 31.5 Å². The van der Waals surface area contributed by atoms with Crippen LogP contribution in [0.15, 0.2) is 5.16 Å². The Bertz CT molecular complexity index is 418. The lowest BCUT2D eigenvalue weighted by molar-refractivity contribution is 0.547. The van der Waals surface area contributed by atoms with Crippen molar-refractivity contribution in [3.8, 4) is 0 Å². The highest BCUT2D eigenvalue weighted by atomic mass is 32.2. The molecule has 2 unspecified atom stereocenters. The first-order chi connectivity index (χ1) is 9.38. The van der Waals surface area contributed by atoms with Crippen molar-refractivity contribution in [3.63, 3.8) is 0 Å². The molecule has 0 amide bonds. The molecule has 106 valence electrons. The lowest BCUT2D eigenvalue weighted by Gasteiger charge is -2.19. The highest BCUT2D eigenvalue weighted by Gasteiger charge is 2.29. The van der Waals surface area contributed by atoms with Gasteiger partial charge in [0.15, 0.2) is 5.16 Å². The highest BCUT2D eigenvalue weighted by Crippen LogP contribution is 2.35. The number of aryl methyl sites for hydroxylation is 1. The number of nitrogens with one attached hydrogen (secondary N) is 1. The van der Waals surface area contributed by atoms with Gasteiger partial charge in [0.1, 0.15) is 5.82 Å². The third-order valence-corrected chi connectivity index (χ3v) is 5.63. The van der Waals surface area contributed by atoms with E-state index in [1.165, 1.54) is 44.3 Å². The van der Waals surface area contributed by atoms with Crippen LogP contribution in [0.1, 0.15) is 51.3 Å². The van der Waals surface area contributed by atoms with Crippen molar-refractivity contribution < 1.29 is 0 Å². The van der Waals surface area contributed by atoms with Crippen LogP contribution in [-0.4, -0.2) is 32.6 Å². The summed E-state index contributed by atoms with van der Waals surface area (Å²) in [6, 6.07) is 0.661. The molecule has 0 bridgehead atoms. The maximum atomic E-state index is 4.45. The summed E-state index contributed by atoms with van der Waals surface area (Å²) in [5.74, 6) is 1.21. The Morgan fingerprint density at radius 3 is 3.05 bits per heavy atom. The van der Waals surface area contributed by atoms with Crippen molar-refractivity contribution in [2.75, 3.05) is 6.54 Å². The first kappa shape index (κ1) is 13.4. The molecule has 1 aromatic heterocycles. The third kappa shape index (κ3) is 2.97. The van der Waals surface area contributed by atoms with Crippen molar-refractivity contribution in [3.05, 3.63) is 5.82 Å². The van der Waals surface area contributed by atoms with Crippen LogP contribution < -0.4 is 5.32 Å². The maximum Gasteiger partial charge on any atom is 0.191 e. The second-order valence-electron chi connectivity index (χ2n) is 5.61. The molecule has 1 fully saturated rings. The smallest absolute Gasteiger partial charge is 0.191 e. The van der Waals surface area contributed by atoms with Crippen LogP contribution in [0.4, 0.5) is 0 Å². The van der Waals surface area contributed by atoms with Crippen molar-refractivity contribution in [2.45, 2.75) is 74.9 Å². The van der Waals surface area contributed by atoms with Crippen molar-refractivity contribution in [2.24, 2.45) is 0 Å². The minimum atomic E-state index is 0.661. The summed E-state index contributed by atoms with van der Waals surface area (Å²) >= 11 is 1.96. The van der Waals surface area contributed by atoms with Crippen LogP contribution in [0, 0.1) is 0 Å². The molecule has 0 aromatic carbocycles. The molecule has 1 aromatic rings. The van der Waals surface area contributed by atoms with E-state index in [2.05, 4.69) is 27.0 Å². The Kier molecular flexibility index (Phi) is 4.43. The SMILES string of the molecule is CCNC1CCCC1Sc1nnc2n1CCCCC2. The van der Waals surface area contributed by atoms with Gasteiger partial charge in [0.25, 0.3) is 0 Å². The highest BCUT2D eigenvalue weighted by molar-refractivity contribution is 7.99. The molecule has 0 spiro atoms. The van der Waals surface area contributed by atoms with E-state index in [1.54, 1.807) is 0 Å². The first-order valence-corrected chi connectivity index (χ1v) is 8.58. The van der Waals surface area contributed by atoms with Crippen LogP contribution in [0.2, 0.25) is 0 Å². The molecule has 3 rings (SSSR count). The van der Waals surface area contributed by atoms with E-state index < -0.39 is 0 Å². The first-order valence-electron chi connectivity index (χ1n) is 7.70. The zero-order valence-electron chi connectivity index (χ0n) is 11.8. The van der Waals surface area contributed by atoms with Gasteiger partial charge in [0.2, 0.25) is 0 Å². The lowest BCUT2D eigenvalue weighted by Crippen LogP contribution is -2.33. The summed E-state index contributed by atoms with van der Waals surface area (Å²) in [6.45, 7) is 4.38. The van der Waals surface area contributed by atoms with Crippen LogP contribution in [-0.2, 0) is 13.0 Å². The molecule has 1 saturated carbocycles. The van der Waals surface area contributed by atoms with Gasteiger partial charge in [-0.2, -0.15) is 0 Å². The Balaban J connectivity index is 1.71. The number of hydrogen-bond donors (Lipinski definition) is 1. The molecular formula is C14H24N4S. The molecule has 2 aliphatic rings. The Morgan fingerprint density at radius 1 is 1.21 bits per heavy atom. The quantitative estimate of drug-likeness (QED) is 0.920. The zero-order chi connectivity index (χ0) is 13.1. The summed E-state index contributed by atoms with van der Waals surface area (Å²) in [6.07, 6.45) is 8.95. The number of nitrogens with zero attached hydrogens (tertiary/aromatic N) is 3. The second kappa shape index (κ2) is 6.27. The third-order valence-electron chi connectivity index (χ3n) is 4.25. The van der Waals surface area contributed by atoms with E-state index in [0.29, 0.717) is 11.3 Å². The molecule has 5 heteroatoms. The Morgan fingerprint density at radius 2 is 2.16 bits per heavy atom. The van der Waals surface area contributed by atoms with Crippen molar-refractivity contribution in [1.82, 2.24) is 20.1 Å². The lowest BCUT2D eigenvalue weighted by atomic mass is 10.2. The molecule has 4 nitrogen and oxygen atoms in total. The molecule has 1 aliphatic carbocycles. The minimum Gasteiger partial charge on any atom is -0.313 e. The van der Waals surface area contributed by atoms with Gasteiger partial charge in [0.05, 0.1) is 0 Å². The van der Waals surface area contributed by atoms with Crippen LogP contribution >= 0.6 is 11.8 Å². The number of thioether (sulfide) groups is 1. The maximum absolute atomic E-state index is 4.45. The van der Waals surface area contributed by atoms with E-state index in [1.807, 2.05) is 11.8 Å². The van der Waals surface area contributed by atoms with Crippen molar-refractivity contribution >= 4 is 11.8 Å². The molecular weight excluding hydrogens is 256 g/mol. The summed E-state index contributed by atoms with van der Waals surface area (Å²) in [7, 11) is 0. The normalized spacial score (nSPS) is 27.2. The fourth-order valence-corrected chi connectivity index (χ4v) is 4.61. The molecule has 19 heavy (non-hydrogen) atoms. The van der Waals surface area contributed by atoms with E-state index in [4.69, 9.17) is 0 Å². The van der Waals surface area contributed by atoms with Gasteiger partial charge < -0.3 is 9.88 Å². The predicted octanol–water partition coefficient (Wildman–Crippen LogP) is 2.63. The van der Waals surface area contributed by atoms with Gasteiger partial charge in [-0.05, 0) is 32.2 Å². The molecule has 1 N–H and O–H groups in total. The van der Waals surface area contributed by atoms with E-state index in [0.717, 1.165) is 24.7 Å². The van der Waals surface area contributed by atoms with E-state index >= 15 is 0 Å². The van der Waals surface area contributed by atoms with Gasteiger partial charge in [-0.25, -0.2) is 0 Å². The van der Waals surface area contributed by atoms with E-state index in [9.17, 15) is 0 Å². The standard InChI is InChI=1S/C14H24N4S/c1-2-15-11-7-6-8-12(11)19-14-17-16-13-9-4-3-5-10-18(13)14/h11-12,15H,2-10H2,1H3. The molecule has 2 atom stereocenters. The molecule has 0 radical (unpaired) electrons. The van der Waals surface area contributed by atoms with Crippen LogP contribution in [0.25, 0.3) is 0 Å². The second-order valence-corrected chi connectivity index (χ2v) is 6.82. The van der Waals surface area contributed by atoms with Crippen molar-refractivity contribution in [1.29, 1.82) is 0 Å². The predicted molar refractivity (Wildman–Crippen MR) is 78.5 cm³/mol. The summed E-state index contributed by atoms with van der Waals surface area (Å²) in [4.78, 5) is 0. The fourth-order valence-electron chi connectivity index (χ4n) is 3.24. The molecule has 1 aliphatic heterocycles. The number of rotatable bonds is 4. The number of aromatic nitrogens is 3. The number of hydrogen-bond acceptors (Lipinski definition) is 4. The monoisotopic (exact) mass is 280 g/mol. The van der Waals surface area contributed by atoms with Gasteiger partial charge in [-0.3, -0.25) is 0 Å². The zero-order valence-corrected chi connectivity index (χ0v) is 12.6. The minimum absolute atomic E-state index is 0.661. The average molecular weight is 280 g/mol. The Labute approximate surface area is 119 Å². The van der Waals surface area contributed by atoms with Crippen LogP contribution in [0.5, 0.6) is 0 Å².